The first-order valence-corrected chi connectivity index (χ1v) is 27.6. The van der Waals surface area contributed by atoms with E-state index in [1.807, 2.05) is 12.2 Å². The van der Waals surface area contributed by atoms with E-state index >= 15 is 0 Å². The van der Waals surface area contributed by atoms with Crippen molar-refractivity contribution in [2.24, 2.45) is 0 Å². The third-order valence-electron chi connectivity index (χ3n) is 10.7. The van der Waals surface area contributed by atoms with Crippen LogP contribution in [-0.2, 0) is 28.6 Å². The lowest BCUT2D eigenvalue weighted by Gasteiger charge is -2.18. The van der Waals surface area contributed by atoms with Crippen LogP contribution in [0.5, 0.6) is 0 Å². The Morgan fingerprint density at radius 1 is 0.296 bits per heavy atom. The Morgan fingerprint density at radius 2 is 0.577 bits per heavy atom. The van der Waals surface area contributed by atoms with Crippen LogP contribution in [0.3, 0.4) is 0 Å². The molecule has 0 fully saturated rings. The number of unbranched alkanes of at least 4 members (excludes halogenated alkanes) is 8. The van der Waals surface area contributed by atoms with E-state index in [1.54, 1.807) is 0 Å². The van der Waals surface area contributed by atoms with Crippen molar-refractivity contribution in [1.29, 1.82) is 0 Å². The summed E-state index contributed by atoms with van der Waals surface area (Å²) in [7, 11) is 0. The van der Waals surface area contributed by atoms with Gasteiger partial charge in [-0.1, -0.05) is 210 Å². The molecule has 1 atom stereocenters. The van der Waals surface area contributed by atoms with Gasteiger partial charge in [0.2, 0.25) is 0 Å². The first-order valence-electron chi connectivity index (χ1n) is 27.6. The minimum atomic E-state index is -0.853. The molecule has 0 aliphatic carbocycles. The number of allylic oxidation sites excluding steroid dienone is 28. The molecule has 0 aromatic rings. The largest absolute Gasteiger partial charge is 0.462 e. The molecule has 0 saturated carbocycles. The molecular weight excluding hydrogens is 877 g/mol. The zero-order valence-corrected chi connectivity index (χ0v) is 44.9. The molecule has 6 nitrogen and oxygen atoms in total. The number of hydrogen-bond acceptors (Lipinski definition) is 6. The van der Waals surface area contributed by atoms with Gasteiger partial charge in [0.1, 0.15) is 13.2 Å². The Morgan fingerprint density at radius 3 is 0.944 bits per heavy atom. The fourth-order valence-corrected chi connectivity index (χ4v) is 6.62. The minimum Gasteiger partial charge on any atom is -0.462 e. The average Bonchev–Trinajstić information content (AvgIpc) is 3.37. The highest BCUT2D eigenvalue weighted by Gasteiger charge is 2.19. The maximum Gasteiger partial charge on any atom is 0.306 e. The maximum atomic E-state index is 12.8. The van der Waals surface area contributed by atoms with Crippen LogP contribution in [0.1, 0.15) is 201 Å². The van der Waals surface area contributed by atoms with Crippen molar-refractivity contribution >= 4 is 17.9 Å². The van der Waals surface area contributed by atoms with Gasteiger partial charge in [-0.15, -0.1) is 0 Å². The fourth-order valence-electron chi connectivity index (χ4n) is 6.62. The normalized spacial score (nSPS) is 13.5. The lowest BCUT2D eigenvalue weighted by molar-refractivity contribution is -0.166. The van der Waals surface area contributed by atoms with Crippen LogP contribution in [0.4, 0.5) is 0 Å². The molecule has 394 valence electrons. The Bertz CT molecular complexity index is 1690. The van der Waals surface area contributed by atoms with E-state index in [-0.39, 0.29) is 50.4 Å². The van der Waals surface area contributed by atoms with Crippen LogP contribution in [0.25, 0.3) is 0 Å². The van der Waals surface area contributed by atoms with E-state index in [9.17, 15) is 14.4 Å². The number of carbonyl (C=O) groups excluding carboxylic acids is 3. The lowest BCUT2D eigenvalue weighted by Crippen LogP contribution is -2.30. The van der Waals surface area contributed by atoms with Gasteiger partial charge < -0.3 is 14.2 Å². The first kappa shape index (κ1) is 65.8. The second-order valence-corrected chi connectivity index (χ2v) is 17.4. The number of hydrogen-bond donors (Lipinski definition) is 0. The summed E-state index contributed by atoms with van der Waals surface area (Å²) in [5.41, 5.74) is 0. The number of esters is 3. The summed E-state index contributed by atoms with van der Waals surface area (Å²) in [4.78, 5) is 38.1. The quantitative estimate of drug-likeness (QED) is 0.0262. The summed E-state index contributed by atoms with van der Waals surface area (Å²) >= 11 is 0. The summed E-state index contributed by atoms with van der Waals surface area (Å²) in [6.45, 7) is 6.23. The lowest BCUT2D eigenvalue weighted by atomic mass is 10.1. The van der Waals surface area contributed by atoms with E-state index < -0.39 is 6.10 Å². The van der Waals surface area contributed by atoms with Gasteiger partial charge in [0, 0.05) is 19.3 Å². The summed E-state index contributed by atoms with van der Waals surface area (Å²) in [5, 5.41) is 0. The zero-order chi connectivity index (χ0) is 51.4. The van der Waals surface area contributed by atoms with Crippen molar-refractivity contribution in [1.82, 2.24) is 0 Å². The van der Waals surface area contributed by atoms with Crippen molar-refractivity contribution < 1.29 is 28.6 Å². The molecule has 6 heteroatoms. The molecule has 0 bridgehead atoms. The SMILES string of the molecule is CC/C=C\C/C=C\C/C=C\C/C=C\C/C=C\C/C=C\CCC(=O)OC[C@H](COC(=O)CCCC/C=C\C/C=C\C/C=C\C/C=C\CC)OC(=O)CCCCC/C=C\C/C=C\C/C=C\C/C=C\CCCCC. The molecule has 0 spiro atoms. The molecule has 0 aliphatic heterocycles. The highest BCUT2D eigenvalue weighted by Crippen LogP contribution is 2.10. The molecule has 0 amide bonds. The molecular formula is C65H98O6. The predicted octanol–water partition coefficient (Wildman–Crippen LogP) is 18.8. The van der Waals surface area contributed by atoms with Gasteiger partial charge in [0.25, 0.3) is 0 Å². The van der Waals surface area contributed by atoms with E-state index in [4.69, 9.17) is 14.2 Å². The zero-order valence-electron chi connectivity index (χ0n) is 44.9. The van der Waals surface area contributed by atoms with Crippen molar-refractivity contribution in [3.05, 3.63) is 170 Å². The summed E-state index contributed by atoms with van der Waals surface area (Å²) in [5.74, 6) is -1.11. The highest BCUT2D eigenvalue weighted by molar-refractivity contribution is 5.71. The van der Waals surface area contributed by atoms with Gasteiger partial charge in [0.05, 0.1) is 0 Å². The molecule has 0 saturated heterocycles. The van der Waals surface area contributed by atoms with Crippen molar-refractivity contribution in [3.63, 3.8) is 0 Å². The van der Waals surface area contributed by atoms with Gasteiger partial charge in [-0.25, -0.2) is 0 Å². The van der Waals surface area contributed by atoms with Crippen LogP contribution in [0, 0.1) is 0 Å². The smallest absolute Gasteiger partial charge is 0.306 e. The third-order valence-corrected chi connectivity index (χ3v) is 10.7. The second-order valence-electron chi connectivity index (χ2n) is 17.4. The molecule has 0 N–H and O–H groups in total. The summed E-state index contributed by atoms with van der Waals surface area (Å²) < 4.78 is 16.7. The Kier molecular flexibility index (Phi) is 53.1. The van der Waals surface area contributed by atoms with Gasteiger partial charge in [-0.3, -0.25) is 14.4 Å². The van der Waals surface area contributed by atoms with Gasteiger partial charge in [-0.05, 0) is 141 Å². The molecule has 0 aromatic heterocycles. The van der Waals surface area contributed by atoms with Crippen molar-refractivity contribution in [2.75, 3.05) is 13.2 Å². The van der Waals surface area contributed by atoms with Crippen LogP contribution >= 0.6 is 0 Å². The van der Waals surface area contributed by atoms with Gasteiger partial charge in [-0.2, -0.15) is 0 Å². The molecule has 0 unspecified atom stereocenters. The Balaban J connectivity index is 4.67. The van der Waals surface area contributed by atoms with Gasteiger partial charge >= 0.3 is 17.9 Å². The molecule has 0 radical (unpaired) electrons. The van der Waals surface area contributed by atoms with Crippen LogP contribution < -0.4 is 0 Å². The topological polar surface area (TPSA) is 78.9 Å². The molecule has 0 aromatic carbocycles. The minimum absolute atomic E-state index is 0.145. The van der Waals surface area contributed by atoms with E-state index in [1.165, 1.54) is 25.7 Å². The Hall–Kier alpha value is -5.23. The van der Waals surface area contributed by atoms with Crippen molar-refractivity contribution in [3.8, 4) is 0 Å². The molecule has 0 heterocycles. The maximum absolute atomic E-state index is 12.8. The molecule has 71 heavy (non-hydrogen) atoms. The van der Waals surface area contributed by atoms with Gasteiger partial charge in [0.15, 0.2) is 6.10 Å². The summed E-state index contributed by atoms with van der Waals surface area (Å²) in [6, 6.07) is 0. The number of carbonyl (C=O) groups is 3. The first-order chi connectivity index (χ1) is 35.0. The molecule has 0 rings (SSSR count). The number of rotatable bonds is 47. The summed E-state index contributed by atoms with van der Waals surface area (Å²) in [6.07, 6.45) is 84.9. The molecule has 0 aliphatic rings. The van der Waals surface area contributed by atoms with E-state index in [0.29, 0.717) is 19.3 Å². The highest BCUT2D eigenvalue weighted by atomic mass is 16.6. The van der Waals surface area contributed by atoms with E-state index in [2.05, 4.69) is 179 Å². The monoisotopic (exact) mass is 975 g/mol. The van der Waals surface area contributed by atoms with Crippen LogP contribution in [0.15, 0.2) is 170 Å². The predicted molar refractivity (Wildman–Crippen MR) is 306 cm³/mol. The van der Waals surface area contributed by atoms with Crippen molar-refractivity contribution in [2.45, 2.75) is 207 Å². The number of ether oxygens (including phenoxy) is 3. The van der Waals surface area contributed by atoms with Crippen LogP contribution in [-0.4, -0.2) is 37.2 Å². The standard InChI is InChI=1S/C65H98O6/c1-4-7-10-13-16-19-22-25-28-30-32-34-37-40-43-46-49-52-55-58-64(67)70-61-62(60-69-63(66)57-54-51-48-45-42-39-36-27-24-21-18-15-12-9-6-3)71-65(68)59-56-53-50-47-44-41-38-35-33-31-29-26-23-20-17-14-11-8-5-2/h7,9-10,12,16-21,25-29,32-36,40-45,49,52,62H,4-6,8,11,13-15,22-24,30-31,37-39,46-48,50-51,53-61H2,1-3H3/b10-7-,12-9-,19-16-,20-17-,21-18-,28-25-,29-26-,34-32-,35-33-,36-27-,43-40-,44-41-,45-42-,52-49-/t62-/m0/s1. The average molecular weight is 975 g/mol. The second kappa shape index (κ2) is 57.3. The van der Waals surface area contributed by atoms with E-state index in [0.717, 1.165) is 116 Å². The third kappa shape index (κ3) is 55.6. The fraction of sp³-hybridized carbons (Fsp3) is 0.523. The Labute approximate surface area is 434 Å². The van der Waals surface area contributed by atoms with Crippen LogP contribution in [0.2, 0.25) is 0 Å².